The van der Waals surface area contributed by atoms with Gasteiger partial charge in [0.15, 0.2) is 0 Å². The van der Waals surface area contributed by atoms with Crippen LogP contribution in [0.2, 0.25) is 5.02 Å². The maximum Gasteiger partial charge on any atom is 0.216 e. The lowest BCUT2D eigenvalue weighted by Crippen LogP contribution is -2.01. The first-order valence-electron chi connectivity index (χ1n) is 5.15. The van der Waals surface area contributed by atoms with Gasteiger partial charge in [0.25, 0.3) is 0 Å². The second-order valence-corrected chi connectivity index (χ2v) is 4.09. The van der Waals surface area contributed by atoms with Crippen molar-refractivity contribution in [1.82, 2.24) is 4.98 Å². The van der Waals surface area contributed by atoms with Gasteiger partial charge < -0.3 is 4.74 Å². The predicted molar refractivity (Wildman–Crippen MR) is 64.7 cm³/mol. The molecule has 0 N–H and O–H groups in total. The highest BCUT2D eigenvalue weighted by atomic mass is 35.5. The summed E-state index contributed by atoms with van der Waals surface area (Å²) in [6.07, 6.45) is 1.64. The van der Waals surface area contributed by atoms with Crippen LogP contribution in [0, 0.1) is 12.7 Å². The molecule has 88 valence electrons. The molecule has 0 amide bonds. The van der Waals surface area contributed by atoms with Gasteiger partial charge in [0, 0.05) is 22.3 Å². The molecule has 1 heterocycles. The summed E-state index contributed by atoms with van der Waals surface area (Å²) in [6, 6.07) is 8.22. The number of ether oxygens (including phenoxy) is 1. The molecule has 0 unspecified atom stereocenters. The SMILES string of the molecule is Cc1cccnc1OCc1ccc(Cl)cc1F. The smallest absolute Gasteiger partial charge is 0.216 e. The number of aromatic nitrogens is 1. The molecule has 0 aliphatic heterocycles. The van der Waals surface area contributed by atoms with E-state index < -0.39 is 0 Å². The zero-order chi connectivity index (χ0) is 12.3. The summed E-state index contributed by atoms with van der Waals surface area (Å²) < 4.78 is 18.9. The van der Waals surface area contributed by atoms with E-state index in [9.17, 15) is 4.39 Å². The van der Waals surface area contributed by atoms with E-state index >= 15 is 0 Å². The van der Waals surface area contributed by atoms with Crippen molar-refractivity contribution in [3.63, 3.8) is 0 Å². The van der Waals surface area contributed by atoms with Crippen molar-refractivity contribution in [1.29, 1.82) is 0 Å². The van der Waals surface area contributed by atoms with E-state index in [1.54, 1.807) is 18.3 Å². The Morgan fingerprint density at radius 3 is 2.88 bits per heavy atom. The van der Waals surface area contributed by atoms with Crippen molar-refractivity contribution in [2.75, 3.05) is 0 Å². The minimum absolute atomic E-state index is 0.140. The minimum Gasteiger partial charge on any atom is -0.472 e. The number of aryl methyl sites for hydroxylation is 1. The van der Waals surface area contributed by atoms with Crippen LogP contribution in [-0.2, 0) is 6.61 Å². The van der Waals surface area contributed by atoms with Crippen molar-refractivity contribution >= 4 is 11.6 Å². The van der Waals surface area contributed by atoms with Crippen LogP contribution in [-0.4, -0.2) is 4.98 Å². The first-order valence-corrected chi connectivity index (χ1v) is 5.53. The maximum atomic E-state index is 13.5. The molecule has 0 aliphatic carbocycles. The van der Waals surface area contributed by atoms with Crippen LogP contribution in [0.1, 0.15) is 11.1 Å². The van der Waals surface area contributed by atoms with E-state index in [0.29, 0.717) is 16.5 Å². The minimum atomic E-state index is -0.369. The van der Waals surface area contributed by atoms with Crippen molar-refractivity contribution in [2.24, 2.45) is 0 Å². The summed E-state index contributed by atoms with van der Waals surface area (Å²) >= 11 is 5.67. The summed E-state index contributed by atoms with van der Waals surface area (Å²) in [5, 5.41) is 0.375. The van der Waals surface area contributed by atoms with Gasteiger partial charge in [0.05, 0.1) is 0 Å². The fraction of sp³-hybridized carbons (Fsp3) is 0.154. The summed E-state index contributed by atoms with van der Waals surface area (Å²) in [6.45, 7) is 2.03. The number of hydrogen-bond acceptors (Lipinski definition) is 2. The topological polar surface area (TPSA) is 22.1 Å². The molecule has 2 nitrogen and oxygen atoms in total. The summed E-state index contributed by atoms with van der Waals surface area (Å²) in [5.74, 6) is 0.146. The molecule has 2 aromatic rings. The highest BCUT2D eigenvalue weighted by Crippen LogP contribution is 2.18. The summed E-state index contributed by atoms with van der Waals surface area (Å²) in [7, 11) is 0. The van der Waals surface area contributed by atoms with Crippen LogP contribution in [0.3, 0.4) is 0 Å². The lowest BCUT2D eigenvalue weighted by molar-refractivity contribution is 0.286. The third kappa shape index (κ3) is 2.94. The molecule has 0 radical (unpaired) electrons. The van der Waals surface area contributed by atoms with Crippen LogP contribution in [0.15, 0.2) is 36.5 Å². The Hall–Kier alpha value is -1.61. The van der Waals surface area contributed by atoms with Crippen LogP contribution >= 0.6 is 11.6 Å². The largest absolute Gasteiger partial charge is 0.472 e. The fourth-order valence-corrected chi connectivity index (χ4v) is 1.57. The second-order valence-electron chi connectivity index (χ2n) is 3.65. The van der Waals surface area contributed by atoms with E-state index in [1.807, 2.05) is 19.1 Å². The Morgan fingerprint density at radius 1 is 1.35 bits per heavy atom. The van der Waals surface area contributed by atoms with Crippen LogP contribution in [0.4, 0.5) is 4.39 Å². The van der Waals surface area contributed by atoms with Gasteiger partial charge >= 0.3 is 0 Å². The molecule has 1 aromatic carbocycles. The zero-order valence-corrected chi connectivity index (χ0v) is 10.0. The molecule has 1 aromatic heterocycles. The Labute approximate surface area is 104 Å². The Balaban J connectivity index is 2.10. The predicted octanol–water partition coefficient (Wildman–Crippen LogP) is 3.76. The number of halogens is 2. The van der Waals surface area contributed by atoms with Gasteiger partial charge in [-0.05, 0) is 25.1 Å². The molecule has 0 fully saturated rings. The molecule has 0 atom stereocenters. The Bertz CT molecular complexity index is 531. The van der Waals surface area contributed by atoms with E-state index in [0.717, 1.165) is 5.56 Å². The molecule has 4 heteroatoms. The average Bonchev–Trinajstić information content (AvgIpc) is 2.30. The lowest BCUT2D eigenvalue weighted by Gasteiger charge is -2.08. The summed E-state index contributed by atoms with van der Waals surface area (Å²) in [5.41, 5.74) is 1.38. The van der Waals surface area contributed by atoms with Gasteiger partial charge in [-0.3, -0.25) is 0 Å². The number of pyridine rings is 1. The molecule has 2 rings (SSSR count). The third-order valence-electron chi connectivity index (χ3n) is 2.34. The van der Waals surface area contributed by atoms with Gasteiger partial charge in [-0.15, -0.1) is 0 Å². The van der Waals surface area contributed by atoms with Gasteiger partial charge in [0.1, 0.15) is 12.4 Å². The van der Waals surface area contributed by atoms with Crippen LogP contribution in [0.25, 0.3) is 0 Å². The second kappa shape index (κ2) is 5.15. The highest BCUT2D eigenvalue weighted by Gasteiger charge is 2.05. The molecule has 0 saturated carbocycles. The maximum absolute atomic E-state index is 13.5. The standard InChI is InChI=1S/C13H11ClFNO/c1-9-3-2-6-16-13(9)17-8-10-4-5-11(14)7-12(10)15/h2-7H,8H2,1H3. The van der Waals surface area contributed by atoms with Crippen molar-refractivity contribution < 1.29 is 9.13 Å². The number of hydrogen-bond donors (Lipinski definition) is 0. The zero-order valence-electron chi connectivity index (χ0n) is 9.28. The molecular formula is C13H11ClFNO. The van der Waals surface area contributed by atoms with Gasteiger partial charge in [-0.1, -0.05) is 23.7 Å². The lowest BCUT2D eigenvalue weighted by atomic mass is 10.2. The molecular weight excluding hydrogens is 241 g/mol. The molecule has 0 saturated heterocycles. The van der Waals surface area contributed by atoms with Gasteiger partial charge in [-0.25, -0.2) is 9.37 Å². The van der Waals surface area contributed by atoms with E-state index in [2.05, 4.69) is 4.98 Å². The van der Waals surface area contributed by atoms with Crippen LogP contribution in [0.5, 0.6) is 5.88 Å². The van der Waals surface area contributed by atoms with Crippen molar-refractivity contribution in [3.8, 4) is 5.88 Å². The first-order chi connectivity index (χ1) is 8.16. The van der Waals surface area contributed by atoms with E-state index in [4.69, 9.17) is 16.3 Å². The van der Waals surface area contributed by atoms with Crippen LogP contribution < -0.4 is 4.74 Å². The third-order valence-corrected chi connectivity index (χ3v) is 2.58. The molecule has 0 aliphatic rings. The number of benzene rings is 1. The Kier molecular flexibility index (Phi) is 3.59. The quantitative estimate of drug-likeness (QED) is 0.829. The van der Waals surface area contributed by atoms with Gasteiger partial charge in [-0.2, -0.15) is 0 Å². The highest BCUT2D eigenvalue weighted by molar-refractivity contribution is 6.30. The Morgan fingerprint density at radius 2 is 2.18 bits per heavy atom. The normalized spacial score (nSPS) is 10.3. The van der Waals surface area contributed by atoms with Gasteiger partial charge in [0.2, 0.25) is 5.88 Å². The van der Waals surface area contributed by atoms with Crippen molar-refractivity contribution in [2.45, 2.75) is 13.5 Å². The molecule has 0 spiro atoms. The number of nitrogens with zero attached hydrogens (tertiary/aromatic N) is 1. The fourth-order valence-electron chi connectivity index (χ4n) is 1.41. The first kappa shape index (κ1) is 11.9. The monoisotopic (exact) mass is 251 g/mol. The molecule has 17 heavy (non-hydrogen) atoms. The van der Waals surface area contributed by atoms with E-state index in [1.165, 1.54) is 6.07 Å². The van der Waals surface area contributed by atoms with E-state index in [-0.39, 0.29) is 12.4 Å². The summed E-state index contributed by atoms with van der Waals surface area (Å²) in [4.78, 5) is 4.07. The van der Waals surface area contributed by atoms with Crippen molar-refractivity contribution in [3.05, 3.63) is 58.5 Å². The number of rotatable bonds is 3. The average molecular weight is 252 g/mol. The molecule has 0 bridgehead atoms.